The standard InChI is InChI=1S/C20H20Cl2N2OS/c1-11(2)20-24-18-16(26-20)9-8-13(17(18)22)10-12(3)19(25)23-15-7-5-4-6-14(15)21/h4-9,11-12H,10H2,1-3H3,(H,23,25). The monoisotopic (exact) mass is 406 g/mol. The summed E-state index contributed by atoms with van der Waals surface area (Å²) in [5, 5.41) is 5.12. The van der Waals surface area contributed by atoms with Gasteiger partial charge < -0.3 is 5.32 Å². The summed E-state index contributed by atoms with van der Waals surface area (Å²) in [5.74, 6) is 0.0343. The van der Waals surface area contributed by atoms with Crippen LogP contribution < -0.4 is 5.32 Å². The van der Waals surface area contributed by atoms with Crippen molar-refractivity contribution < 1.29 is 4.79 Å². The van der Waals surface area contributed by atoms with Gasteiger partial charge in [0.05, 0.1) is 25.4 Å². The third-order valence-corrected chi connectivity index (χ3v) is 6.27. The largest absolute Gasteiger partial charge is 0.325 e. The number of fused-ring (bicyclic) bond motifs is 1. The van der Waals surface area contributed by atoms with E-state index in [-0.39, 0.29) is 11.8 Å². The van der Waals surface area contributed by atoms with E-state index in [0.717, 1.165) is 20.8 Å². The van der Waals surface area contributed by atoms with E-state index in [4.69, 9.17) is 23.2 Å². The van der Waals surface area contributed by atoms with Crippen molar-refractivity contribution in [2.24, 2.45) is 5.92 Å². The highest BCUT2D eigenvalue weighted by Gasteiger charge is 2.19. The first kappa shape index (κ1) is 19.2. The van der Waals surface area contributed by atoms with E-state index in [1.165, 1.54) is 0 Å². The zero-order valence-corrected chi connectivity index (χ0v) is 17.2. The molecule has 26 heavy (non-hydrogen) atoms. The van der Waals surface area contributed by atoms with Gasteiger partial charge in [-0.1, -0.05) is 62.2 Å². The van der Waals surface area contributed by atoms with Crippen molar-refractivity contribution in [2.75, 3.05) is 5.32 Å². The number of nitrogens with one attached hydrogen (secondary N) is 1. The van der Waals surface area contributed by atoms with Gasteiger partial charge in [-0.25, -0.2) is 4.98 Å². The molecule has 1 N–H and O–H groups in total. The van der Waals surface area contributed by atoms with Crippen LogP contribution >= 0.6 is 34.5 Å². The molecule has 3 nitrogen and oxygen atoms in total. The Kier molecular flexibility index (Phi) is 5.86. The molecule has 1 amide bonds. The normalized spacial score (nSPS) is 12.5. The Bertz CT molecular complexity index is 952. The predicted octanol–water partition coefficient (Wildman–Crippen LogP) is 6.54. The van der Waals surface area contributed by atoms with E-state index in [0.29, 0.717) is 28.1 Å². The second kappa shape index (κ2) is 7.95. The van der Waals surface area contributed by atoms with E-state index in [1.807, 2.05) is 31.2 Å². The summed E-state index contributed by atoms with van der Waals surface area (Å²) in [6.45, 7) is 6.12. The summed E-state index contributed by atoms with van der Waals surface area (Å²) >= 11 is 14.4. The fraction of sp³-hybridized carbons (Fsp3) is 0.300. The first-order valence-electron chi connectivity index (χ1n) is 8.50. The third kappa shape index (κ3) is 4.03. The fourth-order valence-corrected chi connectivity index (χ4v) is 4.17. The zero-order valence-electron chi connectivity index (χ0n) is 14.8. The van der Waals surface area contributed by atoms with Gasteiger partial charge in [-0.3, -0.25) is 4.79 Å². The molecule has 3 aromatic rings. The average molecular weight is 407 g/mol. The number of thiazole rings is 1. The minimum Gasteiger partial charge on any atom is -0.325 e. The molecule has 3 rings (SSSR count). The number of nitrogens with zero attached hydrogens (tertiary/aromatic N) is 1. The van der Waals surface area contributed by atoms with Crippen molar-refractivity contribution in [1.82, 2.24) is 4.98 Å². The molecule has 0 radical (unpaired) electrons. The maximum absolute atomic E-state index is 12.5. The van der Waals surface area contributed by atoms with Gasteiger partial charge in [0.15, 0.2) is 0 Å². The van der Waals surface area contributed by atoms with Gasteiger partial charge in [-0.15, -0.1) is 11.3 Å². The molecule has 0 fully saturated rings. The Morgan fingerprint density at radius 2 is 1.88 bits per heavy atom. The predicted molar refractivity (Wildman–Crippen MR) is 112 cm³/mol. The van der Waals surface area contributed by atoms with Crippen molar-refractivity contribution in [2.45, 2.75) is 33.1 Å². The molecule has 0 spiro atoms. The van der Waals surface area contributed by atoms with Gasteiger partial charge in [0.1, 0.15) is 5.52 Å². The molecule has 0 aliphatic carbocycles. The molecular weight excluding hydrogens is 387 g/mol. The van der Waals surface area contributed by atoms with Crippen molar-refractivity contribution in [1.29, 1.82) is 0 Å². The number of rotatable bonds is 5. The molecule has 6 heteroatoms. The molecule has 0 saturated heterocycles. The SMILES string of the molecule is CC(Cc1ccc2sc(C(C)C)nc2c1Cl)C(=O)Nc1ccccc1Cl. The maximum atomic E-state index is 12.5. The molecule has 0 saturated carbocycles. The van der Waals surface area contributed by atoms with Crippen LogP contribution in [0.2, 0.25) is 10.0 Å². The topological polar surface area (TPSA) is 42.0 Å². The van der Waals surface area contributed by atoms with Crippen LogP contribution in [0.1, 0.15) is 37.3 Å². The Hall–Kier alpha value is -1.62. The highest BCUT2D eigenvalue weighted by Crippen LogP contribution is 2.34. The lowest BCUT2D eigenvalue weighted by molar-refractivity contribution is -0.119. The molecule has 0 aliphatic rings. The first-order chi connectivity index (χ1) is 12.4. The van der Waals surface area contributed by atoms with E-state index in [2.05, 4.69) is 24.1 Å². The molecule has 1 aromatic heterocycles. The molecule has 136 valence electrons. The smallest absolute Gasteiger partial charge is 0.227 e. The molecule has 1 heterocycles. The van der Waals surface area contributed by atoms with Crippen LogP contribution in [-0.4, -0.2) is 10.9 Å². The van der Waals surface area contributed by atoms with Crippen LogP contribution in [0.15, 0.2) is 36.4 Å². The summed E-state index contributed by atoms with van der Waals surface area (Å²) in [4.78, 5) is 17.2. The summed E-state index contributed by atoms with van der Waals surface area (Å²) < 4.78 is 1.08. The van der Waals surface area contributed by atoms with Crippen LogP contribution in [0.4, 0.5) is 5.69 Å². The van der Waals surface area contributed by atoms with Gasteiger partial charge in [0.2, 0.25) is 5.91 Å². The van der Waals surface area contributed by atoms with Crippen molar-refractivity contribution in [3.8, 4) is 0 Å². The minimum absolute atomic E-state index is 0.0876. The summed E-state index contributed by atoms with van der Waals surface area (Å²) in [6, 6.07) is 11.2. The molecular formula is C20H20Cl2N2OS. The quantitative estimate of drug-likeness (QED) is 0.522. The lowest BCUT2D eigenvalue weighted by Crippen LogP contribution is -2.22. The van der Waals surface area contributed by atoms with E-state index in [9.17, 15) is 4.79 Å². The lowest BCUT2D eigenvalue weighted by atomic mass is 10.00. The number of carbonyl (C=O) groups excluding carboxylic acids is 1. The molecule has 0 aliphatic heterocycles. The molecule has 1 atom stereocenters. The maximum Gasteiger partial charge on any atom is 0.227 e. The Labute approximate surface area is 167 Å². The zero-order chi connectivity index (χ0) is 18.8. The second-order valence-corrected chi connectivity index (χ2v) is 8.51. The van der Waals surface area contributed by atoms with E-state index >= 15 is 0 Å². The van der Waals surface area contributed by atoms with E-state index in [1.54, 1.807) is 23.5 Å². The number of halogens is 2. The van der Waals surface area contributed by atoms with Crippen LogP contribution in [-0.2, 0) is 11.2 Å². The molecule has 2 aromatic carbocycles. The average Bonchev–Trinajstić information content (AvgIpc) is 3.05. The van der Waals surface area contributed by atoms with Crippen molar-refractivity contribution in [3.05, 3.63) is 57.0 Å². The van der Waals surface area contributed by atoms with Crippen molar-refractivity contribution in [3.63, 3.8) is 0 Å². The second-order valence-electron chi connectivity index (χ2n) is 6.67. The minimum atomic E-state index is -0.246. The first-order valence-corrected chi connectivity index (χ1v) is 10.1. The molecule has 1 unspecified atom stereocenters. The fourth-order valence-electron chi connectivity index (χ4n) is 2.67. The Morgan fingerprint density at radius 3 is 2.58 bits per heavy atom. The summed E-state index contributed by atoms with van der Waals surface area (Å²) in [5.41, 5.74) is 2.38. The third-order valence-electron chi connectivity index (χ3n) is 4.19. The lowest BCUT2D eigenvalue weighted by Gasteiger charge is -2.14. The summed E-state index contributed by atoms with van der Waals surface area (Å²) in [7, 11) is 0. The van der Waals surface area contributed by atoms with Crippen molar-refractivity contribution >= 4 is 56.3 Å². The Balaban J connectivity index is 1.78. The highest BCUT2D eigenvalue weighted by molar-refractivity contribution is 7.18. The van der Waals surface area contributed by atoms with Gasteiger partial charge in [-0.05, 0) is 30.2 Å². The van der Waals surface area contributed by atoms with Gasteiger partial charge in [0.25, 0.3) is 0 Å². The van der Waals surface area contributed by atoms with Crippen LogP contribution in [0.5, 0.6) is 0 Å². The number of carbonyl (C=O) groups is 1. The van der Waals surface area contributed by atoms with Crippen LogP contribution in [0, 0.1) is 5.92 Å². The summed E-state index contributed by atoms with van der Waals surface area (Å²) in [6.07, 6.45) is 0.541. The van der Waals surface area contributed by atoms with Crippen LogP contribution in [0.25, 0.3) is 10.2 Å². The number of anilines is 1. The number of hydrogen-bond donors (Lipinski definition) is 1. The van der Waals surface area contributed by atoms with Crippen LogP contribution in [0.3, 0.4) is 0 Å². The molecule has 0 bridgehead atoms. The number of amides is 1. The number of benzene rings is 2. The number of para-hydroxylation sites is 1. The van der Waals surface area contributed by atoms with E-state index < -0.39 is 0 Å². The Morgan fingerprint density at radius 1 is 1.15 bits per heavy atom. The number of aromatic nitrogens is 1. The highest BCUT2D eigenvalue weighted by atomic mass is 35.5. The van der Waals surface area contributed by atoms with Gasteiger partial charge >= 0.3 is 0 Å². The van der Waals surface area contributed by atoms with Gasteiger partial charge in [0, 0.05) is 11.8 Å². The van der Waals surface area contributed by atoms with Gasteiger partial charge in [-0.2, -0.15) is 0 Å². The number of hydrogen-bond acceptors (Lipinski definition) is 3.